The minimum Gasteiger partial charge on any atom is -0.480 e. The summed E-state index contributed by atoms with van der Waals surface area (Å²) in [5.41, 5.74) is 0. The largest absolute Gasteiger partial charge is 0.480 e. The molecule has 0 spiro atoms. The lowest BCUT2D eigenvalue weighted by molar-refractivity contribution is -0.138. The highest BCUT2D eigenvalue weighted by Gasteiger charge is 2.28. The molecule has 0 bridgehead atoms. The van der Waals surface area contributed by atoms with Crippen molar-refractivity contribution in [3.8, 4) is 0 Å². The van der Waals surface area contributed by atoms with Crippen molar-refractivity contribution in [2.24, 2.45) is 0 Å². The van der Waals surface area contributed by atoms with E-state index >= 15 is 0 Å². The van der Waals surface area contributed by atoms with Gasteiger partial charge in [0.15, 0.2) is 0 Å². The Hall–Kier alpha value is -0.790. The quantitative estimate of drug-likeness (QED) is 0.706. The van der Waals surface area contributed by atoms with E-state index in [0.717, 1.165) is 31.1 Å². The lowest BCUT2D eigenvalue weighted by Crippen LogP contribution is -2.46. The number of carboxylic acid groups (broad SMARTS) is 1. The molecule has 6 nitrogen and oxygen atoms in total. The second kappa shape index (κ2) is 6.40. The Balaban J connectivity index is 1.84. The first-order chi connectivity index (χ1) is 8.66. The number of nitrogens with zero attached hydrogens (tertiary/aromatic N) is 2. The van der Waals surface area contributed by atoms with Crippen molar-refractivity contribution >= 4 is 23.6 Å². The molecule has 2 fully saturated rings. The van der Waals surface area contributed by atoms with Gasteiger partial charge in [-0.3, -0.25) is 19.8 Å². The van der Waals surface area contributed by atoms with Crippen LogP contribution >= 0.6 is 11.8 Å². The van der Waals surface area contributed by atoms with Crippen molar-refractivity contribution in [1.82, 2.24) is 15.1 Å². The van der Waals surface area contributed by atoms with E-state index in [9.17, 15) is 9.59 Å². The summed E-state index contributed by atoms with van der Waals surface area (Å²) in [6.07, 6.45) is 0.846. The number of carboxylic acids is 1. The van der Waals surface area contributed by atoms with Gasteiger partial charge in [-0.25, -0.2) is 0 Å². The number of rotatable bonds is 3. The molecule has 1 unspecified atom stereocenters. The van der Waals surface area contributed by atoms with E-state index in [4.69, 9.17) is 5.11 Å². The van der Waals surface area contributed by atoms with Crippen molar-refractivity contribution in [3.05, 3.63) is 0 Å². The normalized spacial score (nSPS) is 26.0. The van der Waals surface area contributed by atoms with E-state index in [0.29, 0.717) is 13.1 Å². The average Bonchev–Trinajstić information content (AvgIpc) is 2.76. The second-order valence-corrected chi connectivity index (χ2v) is 5.65. The van der Waals surface area contributed by atoms with E-state index in [2.05, 4.69) is 5.32 Å². The third kappa shape index (κ3) is 3.60. The summed E-state index contributed by atoms with van der Waals surface area (Å²) >= 11 is 1.74. The molecule has 0 saturated carbocycles. The van der Waals surface area contributed by atoms with Gasteiger partial charge in [-0.2, -0.15) is 0 Å². The van der Waals surface area contributed by atoms with Gasteiger partial charge < -0.3 is 10.0 Å². The van der Waals surface area contributed by atoms with Crippen LogP contribution in [0.4, 0.5) is 0 Å². The summed E-state index contributed by atoms with van der Waals surface area (Å²) in [4.78, 5) is 26.6. The van der Waals surface area contributed by atoms with Crippen molar-refractivity contribution in [2.75, 3.05) is 44.4 Å². The predicted molar refractivity (Wildman–Crippen MR) is 69.5 cm³/mol. The fraction of sp³-hybridized carbons (Fsp3) is 0.818. The summed E-state index contributed by atoms with van der Waals surface area (Å²) in [5.74, 6) is 1.05. The monoisotopic (exact) mass is 273 g/mol. The molecule has 0 aromatic heterocycles. The summed E-state index contributed by atoms with van der Waals surface area (Å²) in [5, 5.41) is 12.0. The number of hydrogen-bond acceptors (Lipinski definition) is 5. The molecular weight excluding hydrogens is 254 g/mol. The maximum absolute atomic E-state index is 12.2. The van der Waals surface area contributed by atoms with Gasteiger partial charge in [-0.05, 0) is 6.42 Å². The van der Waals surface area contributed by atoms with E-state index in [-0.39, 0.29) is 18.5 Å². The molecule has 0 radical (unpaired) electrons. The van der Waals surface area contributed by atoms with E-state index in [1.807, 2.05) is 9.80 Å². The van der Waals surface area contributed by atoms with Gasteiger partial charge in [0, 0.05) is 37.8 Å². The van der Waals surface area contributed by atoms with Gasteiger partial charge in [0.1, 0.15) is 0 Å². The Labute approximate surface area is 111 Å². The number of aliphatic carboxylic acids is 1. The lowest BCUT2D eigenvalue weighted by Gasteiger charge is -2.24. The van der Waals surface area contributed by atoms with Gasteiger partial charge in [0.2, 0.25) is 5.91 Å². The lowest BCUT2D eigenvalue weighted by atomic mass is 10.2. The van der Waals surface area contributed by atoms with Crippen LogP contribution in [0.15, 0.2) is 0 Å². The van der Waals surface area contributed by atoms with Crippen LogP contribution in [0.25, 0.3) is 0 Å². The summed E-state index contributed by atoms with van der Waals surface area (Å²) in [6.45, 7) is 2.84. The molecule has 0 aromatic rings. The number of hydrogen-bond donors (Lipinski definition) is 2. The van der Waals surface area contributed by atoms with Crippen molar-refractivity contribution in [3.63, 3.8) is 0 Å². The van der Waals surface area contributed by atoms with Crippen LogP contribution in [0.5, 0.6) is 0 Å². The fourth-order valence-electron chi connectivity index (χ4n) is 2.31. The topological polar surface area (TPSA) is 72.9 Å². The van der Waals surface area contributed by atoms with Crippen LogP contribution in [0, 0.1) is 0 Å². The van der Waals surface area contributed by atoms with Crippen LogP contribution in [-0.4, -0.2) is 77.2 Å². The summed E-state index contributed by atoms with van der Waals surface area (Å²) in [7, 11) is 0. The standard InChI is InChI=1S/C11H19N3O3S/c15-10(16)6-13-2-1-3-14(5-4-13)11(17)9-7-18-8-12-9/h9,12H,1-8H2,(H,15,16). The van der Waals surface area contributed by atoms with Crippen LogP contribution in [0.3, 0.4) is 0 Å². The molecule has 2 aliphatic heterocycles. The van der Waals surface area contributed by atoms with Crippen molar-refractivity contribution in [1.29, 1.82) is 0 Å². The zero-order chi connectivity index (χ0) is 13.0. The molecule has 2 N–H and O–H groups in total. The minimum absolute atomic E-state index is 0.0546. The number of amides is 1. The van der Waals surface area contributed by atoms with Crippen molar-refractivity contribution in [2.45, 2.75) is 12.5 Å². The first kappa shape index (κ1) is 13.6. The number of nitrogens with one attached hydrogen (secondary N) is 1. The third-order valence-corrected chi connectivity index (χ3v) is 4.21. The Morgan fingerprint density at radius 1 is 1.28 bits per heavy atom. The van der Waals surface area contributed by atoms with Gasteiger partial charge in [-0.1, -0.05) is 0 Å². The first-order valence-corrected chi connectivity index (χ1v) is 7.36. The molecule has 2 aliphatic rings. The van der Waals surface area contributed by atoms with E-state index in [1.54, 1.807) is 11.8 Å². The van der Waals surface area contributed by atoms with E-state index in [1.165, 1.54) is 0 Å². The highest BCUT2D eigenvalue weighted by atomic mass is 32.2. The maximum atomic E-state index is 12.2. The molecular formula is C11H19N3O3S. The highest BCUT2D eigenvalue weighted by Crippen LogP contribution is 2.13. The molecule has 18 heavy (non-hydrogen) atoms. The van der Waals surface area contributed by atoms with Gasteiger partial charge in [0.05, 0.1) is 12.6 Å². The molecule has 2 rings (SSSR count). The maximum Gasteiger partial charge on any atom is 0.317 e. The smallest absolute Gasteiger partial charge is 0.317 e. The Bertz CT molecular complexity index is 321. The molecule has 102 valence electrons. The predicted octanol–water partition coefficient (Wildman–Crippen LogP) is -0.732. The van der Waals surface area contributed by atoms with Crippen LogP contribution in [0.2, 0.25) is 0 Å². The van der Waals surface area contributed by atoms with Gasteiger partial charge in [-0.15, -0.1) is 11.8 Å². The Kier molecular flexibility index (Phi) is 4.85. The van der Waals surface area contributed by atoms with Crippen LogP contribution in [-0.2, 0) is 9.59 Å². The van der Waals surface area contributed by atoms with Crippen molar-refractivity contribution < 1.29 is 14.7 Å². The van der Waals surface area contributed by atoms with Gasteiger partial charge >= 0.3 is 5.97 Å². The van der Waals surface area contributed by atoms with Gasteiger partial charge in [0.25, 0.3) is 0 Å². The Morgan fingerprint density at radius 3 is 2.78 bits per heavy atom. The molecule has 1 atom stereocenters. The summed E-state index contributed by atoms with van der Waals surface area (Å²) < 4.78 is 0. The van der Waals surface area contributed by atoms with Crippen LogP contribution in [0.1, 0.15) is 6.42 Å². The highest BCUT2D eigenvalue weighted by molar-refractivity contribution is 7.99. The number of thioether (sulfide) groups is 1. The second-order valence-electron chi connectivity index (χ2n) is 4.62. The zero-order valence-electron chi connectivity index (χ0n) is 10.3. The molecule has 7 heteroatoms. The number of carbonyl (C=O) groups is 2. The minimum atomic E-state index is -0.802. The van der Waals surface area contributed by atoms with E-state index < -0.39 is 5.97 Å². The average molecular weight is 273 g/mol. The fourth-order valence-corrected chi connectivity index (χ4v) is 3.25. The molecule has 2 saturated heterocycles. The van der Waals surface area contributed by atoms with Crippen LogP contribution < -0.4 is 5.32 Å². The molecule has 0 aliphatic carbocycles. The molecule has 2 heterocycles. The third-order valence-electron chi connectivity index (χ3n) is 3.27. The number of carbonyl (C=O) groups excluding carboxylic acids is 1. The summed E-state index contributed by atoms with van der Waals surface area (Å²) in [6, 6.07) is -0.0546. The SMILES string of the molecule is O=C(O)CN1CCCN(C(=O)C2CSCN2)CC1. The Morgan fingerprint density at radius 2 is 2.11 bits per heavy atom. The first-order valence-electron chi connectivity index (χ1n) is 6.21. The zero-order valence-corrected chi connectivity index (χ0v) is 11.1. The molecule has 0 aromatic carbocycles. The molecule has 1 amide bonds.